The van der Waals surface area contributed by atoms with Gasteiger partial charge in [-0.3, -0.25) is 14.6 Å². The van der Waals surface area contributed by atoms with Crippen molar-refractivity contribution in [2.45, 2.75) is 30.9 Å². The molecule has 0 saturated carbocycles. The lowest BCUT2D eigenvalue weighted by molar-refractivity contribution is -0.142. The van der Waals surface area contributed by atoms with E-state index in [4.69, 9.17) is 5.11 Å². The molecule has 11 heteroatoms. The second-order valence-electron chi connectivity index (χ2n) is 5.92. The number of aliphatic carboxylic acids is 1. The number of alkyl halides is 4. The van der Waals surface area contributed by atoms with Crippen molar-refractivity contribution in [1.29, 1.82) is 0 Å². The standard InChI is InChI=1S/C12H18F4N2O4S/c13-11(14)12(15,16)1-2-17-3-4-18(5-10(19)20)9-7-23(21,22)6-8(9)17/h8-9,11H,1-7H2,(H,19,20)/t8-,9+/m0/s1. The van der Waals surface area contributed by atoms with Gasteiger partial charge in [0.2, 0.25) is 0 Å². The summed E-state index contributed by atoms with van der Waals surface area (Å²) in [7, 11) is -3.41. The third-order valence-corrected chi connectivity index (χ3v) is 5.99. The Morgan fingerprint density at radius 3 is 2.22 bits per heavy atom. The van der Waals surface area contributed by atoms with E-state index in [1.165, 1.54) is 9.80 Å². The fraction of sp³-hybridized carbons (Fsp3) is 0.917. The number of hydrogen-bond acceptors (Lipinski definition) is 5. The van der Waals surface area contributed by atoms with Crippen LogP contribution in [0.5, 0.6) is 0 Å². The molecule has 2 heterocycles. The average molecular weight is 362 g/mol. The fourth-order valence-electron chi connectivity index (χ4n) is 3.15. The van der Waals surface area contributed by atoms with Gasteiger partial charge in [0, 0.05) is 38.1 Å². The number of rotatable bonds is 6. The van der Waals surface area contributed by atoms with Gasteiger partial charge in [0.25, 0.3) is 0 Å². The molecule has 2 atom stereocenters. The molecule has 6 nitrogen and oxygen atoms in total. The first-order valence-electron chi connectivity index (χ1n) is 7.08. The Balaban J connectivity index is 2.08. The lowest BCUT2D eigenvalue weighted by Gasteiger charge is -2.43. The number of carboxylic acid groups (broad SMARTS) is 1. The maximum atomic E-state index is 13.1. The maximum Gasteiger partial charge on any atom is 0.317 e. The molecule has 2 aliphatic heterocycles. The van der Waals surface area contributed by atoms with Crippen molar-refractivity contribution in [2.24, 2.45) is 0 Å². The Hall–Kier alpha value is -0.940. The van der Waals surface area contributed by atoms with Gasteiger partial charge < -0.3 is 5.11 Å². The van der Waals surface area contributed by atoms with Crippen LogP contribution >= 0.6 is 0 Å². The second-order valence-corrected chi connectivity index (χ2v) is 8.08. The molecule has 0 bridgehead atoms. The molecule has 0 radical (unpaired) electrons. The van der Waals surface area contributed by atoms with Crippen LogP contribution in [0.3, 0.4) is 0 Å². The van der Waals surface area contributed by atoms with Crippen LogP contribution in [0.4, 0.5) is 17.6 Å². The SMILES string of the molecule is O=C(O)CN1CCN(CCC(F)(F)C(F)F)[C@H]2CS(=O)(=O)C[C@H]21. The Bertz CT molecular complexity index is 557. The smallest absolute Gasteiger partial charge is 0.317 e. The number of hydrogen-bond donors (Lipinski definition) is 1. The zero-order chi connectivity index (χ0) is 17.4. The summed E-state index contributed by atoms with van der Waals surface area (Å²) in [4.78, 5) is 13.8. The van der Waals surface area contributed by atoms with Gasteiger partial charge in [-0.05, 0) is 0 Å². The molecule has 23 heavy (non-hydrogen) atoms. The molecule has 134 valence electrons. The van der Waals surface area contributed by atoms with Crippen molar-refractivity contribution in [3.63, 3.8) is 0 Å². The number of carboxylic acids is 1. The minimum Gasteiger partial charge on any atom is -0.480 e. The summed E-state index contributed by atoms with van der Waals surface area (Å²) in [6.45, 7) is -0.320. The quantitative estimate of drug-likeness (QED) is 0.678. The van der Waals surface area contributed by atoms with Crippen molar-refractivity contribution >= 4 is 15.8 Å². The van der Waals surface area contributed by atoms with E-state index in [9.17, 15) is 30.8 Å². The predicted molar refractivity (Wildman–Crippen MR) is 72.6 cm³/mol. The summed E-state index contributed by atoms with van der Waals surface area (Å²) in [6, 6.07) is -1.24. The van der Waals surface area contributed by atoms with Crippen LogP contribution in [-0.4, -0.2) is 91.4 Å². The highest BCUT2D eigenvalue weighted by Gasteiger charge is 2.48. The average Bonchev–Trinajstić information content (AvgIpc) is 2.73. The molecule has 2 saturated heterocycles. The summed E-state index contributed by atoms with van der Waals surface area (Å²) < 4.78 is 74.2. The van der Waals surface area contributed by atoms with Crippen molar-refractivity contribution in [2.75, 3.05) is 37.7 Å². The minimum absolute atomic E-state index is 0.170. The summed E-state index contributed by atoms with van der Waals surface area (Å²) in [5.74, 6) is -5.74. The Labute approximate surface area is 131 Å². The maximum absolute atomic E-state index is 13.1. The first-order chi connectivity index (χ1) is 10.5. The monoisotopic (exact) mass is 362 g/mol. The largest absolute Gasteiger partial charge is 0.480 e. The van der Waals surface area contributed by atoms with Crippen LogP contribution in [0.15, 0.2) is 0 Å². The van der Waals surface area contributed by atoms with E-state index in [0.717, 1.165) is 0 Å². The number of sulfone groups is 1. The molecular formula is C12H18F4N2O4S. The zero-order valence-electron chi connectivity index (χ0n) is 12.2. The van der Waals surface area contributed by atoms with Crippen LogP contribution in [0.25, 0.3) is 0 Å². The summed E-state index contributed by atoms with van der Waals surface area (Å²) in [5.41, 5.74) is 0. The molecule has 2 fully saturated rings. The number of fused-ring (bicyclic) bond motifs is 1. The van der Waals surface area contributed by atoms with Crippen LogP contribution in [0.2, 0.25) is 0 Å². The topological polar surface area (TPSA) is 77.9 Å². The van der Waals surface area contributed by atoms with E-state index >= 15 is 0 Å². The molecule has 0 unspecified atom stereocenters. The van der Waals surface area contributed by atoms with E-state index in [0.29, 0.717) is 0 Å². The first kappa shape index (κ1) is 18.4. The van der Waals surface area contributed by atoms with Gasteiger partial charge in [-0.2, -0.15) is 0 Å². The lowest BCUT2D eigenvalue weighted by atomic mass is 10.0. The first-order valence-corrected chi connectivity index (χ1v) is 8.90. The van der Waals surface area contributed by atoms with E-state index in [1.54, 1.807) is 0 Å². The number of piperazine rings is 1. The van der Waals surface area contributed by atoms with E-state index in [2.05, 4.69) is 0 Å². The van der Waals surface area contributed by atoms with Crippen LogP contribution in [0, 0.1) is 0 Å². The second kappa shape index (κ2) is 6.52. The van der Waals surface area contributed by atoms with Crippen LogP contribution in [0.1, 0.15) is 6.42 Å². The van der Waals surface area contributed by atoms with Gasteiger partial charge in [-0.1, -0.05) is 0 Å². The fourth-order valence-corrected chi connectivity index (χ4v) is 5.19. The van der Waals surface area contributed by atoms with E-state index < -0.39 is 46.7 Å². The predicted octanol–water partition coefficient (Wildman–Crippen LogP) is 0.145. The Kier molecular flexibility index (Phi) is 5.21. The molecular weight excluding hydrogens is 344 g/mol. The molecule has 0 spiro atoms. The van der Waals surface area contributed by atoms with Crippen molar-refractivity contribution < 1.29 is 35.9 Å². The van der Waals surface area contributed by atoms with Gasteiger partial charge in [0.15, 0.2) is 9.84 Å². The summed E-state index contributed by atoms with van der Waals surface area (Å²) >= 11 is 0. The minimum atomic E-state index is -4.12. The van der Waals surface area contributed by atoms with Crippen molar-refractivity contribution in [3.8, 4) is 0 Å². The normalized spacial score (nSPS) is 28.9. The molecule has 0 aromatic heterocycles. The van der Waals surface area contributed by atoms with Gasteiger partial charge in [-0.15, -0.1) is 0 Å². The van der Waals surface area contributed by atoms with Crippen molar-refractivity contribution in [3.05, 3.63) is 0 Å². The third-order valence-electron chi connectivity index (χ3n) is 4.30. The molecule has 2 aliphatic rings. The molecule has 1 N–H and O–H groups in total. The summed E-state index contributed by atoms with van der Waals surface area (Å²) in [5, 5.41) is 8.87. The number of nitrogens with zero attached hydrogens (tertiary/aromatic N) is 2. The number of halogens is 4. The zero-order valence-corrected chi connectivity index (χ0v) is 13.0. The highest BCUT2D eigenvalue weighted by molar-refractivity contribution is 7.91. The van der Waals surface area contributed by atoms with E-state index in [-0.39, 0.29) is 37.7 Å². The van der Waals surface area contributed by atoms with Crippen LogP contribution < -0.4 is 0 Å². The lowest BCUT2D eigenvalue weighted by Crippen LogP contribution is -2.60. The van der Waals surface area contributed by atoms with Gasteiger partial charge in [0.05, 0.1) is 18.1 Å². The molecule has 0 amide bonds. The molecule has 2 rings (SSSR count). The summed E-state index contributed by atoms with van der Waals surface area (Å²) in [6.07, 6.45) is -4.83. The highest BCUT2D eigenvalue weighted by atomic mass is 32.2. The third kappa shape index (κ3) is 4.32. The Morgan fingerprint density at radius 1 is 1.17 bits per heavy atom. The van der Waals surface area contributed by atoms with Crippen molar-refractivity contribution in [1.82, 2.24) is 9.80 Å². The van der Waals surface area contributed by atoms with Crippen LogP contribution in [-0.2, 0) is 14.6 Å². The van der Waals surface area contributed by atoms with Gasteiger partial charge in [-0.25, -0.2) is 26.0 Å². The Morgan fingerprint density at radius 2 is 1.70 bits per heavy atom. The van der Waals surface area contributed by atoms with Gasteiger partial charge >= 0.3 is 18.3 Å². The number of carbonyl (C=O) groups is 1. The van der Waals surface area contributed by atoms with Gasteiger partial charge in [0.1, 0.15) is 0 Å². The van der Waals surface area contributed by atoms with E-state index in [1.807, 2.05) is 0 Å². The molecule has 0 aromatic rings. The highest BCUT2D eigenvalue weighted by Crippen LogP contribution is 2.30. The molecule has 0 aliphatic carbocycles. The molecule has 0 aromatic carbocycles.